The number of rotatable bonds is 4. The summed E-state index contributed by atoms with van der Waals surface area (Å²) in [5, 5.41) is 0. The van der Waals surface area contributed by atoms with Gasteiger partial charge in [0.1, 0.15) is 0 Å². The Bertz CT molecular complexity index is 293. The average Bonchev–Trinajstić information content (AvgIpc) is 2.40. The molecule has 0 aliphatic heterocycles. The standard InChI is InChI=1S/C15H26N2/c16-14(12-7-3-1-4-8-12)11-15(17)13-9-5-2-6-10-13/h3,7,9,12,14-15H,1-2,4-6,8,10-11,16-17H2. The molecule has 2 aliphatic carbocycles. The first-order chi connectivity index (χ1) is 8.27. The van der Waals surface area contributed by atoms with Crippen molar-refractivity contribution < 1.29 is 0 Å². The predicted octanol–water partition coefficient (Wildman–Crippen LogP) is 2.89. The Morgan fingerprint density at radius 1 is 1.18 bits per heavy atom. The molecule has 0 saturated carbocycles. The van der Waals surface area contributed by atoms with Gasteiger partial charge in [-0.15, -0.1) is 0 Å². The molecule has 3 atom stereocenters. The molecule has 0 fully saturated rings. The van der Waals surface area contributed by atoms with Crippen LogP contribution in [-0.4, -0.2) is 12.1 Å². The van der Waals surface area contributed by atoms with Crippen molar-refractivity contribution >= 4 is 0 Å². The summed E-state index contributed by atoms with van der Waals surface area (Å²) in [5.41, 5.74) is 14.0. The van der Waals surface area contributed by atoms with Crippen molar-refractivity contribution in [3.05, 3.63) is 23.8 Å². The van der Waals surface area contributed by atoms with E-state index in [2.05, 4.69) is 18.2 Å². The molecule has 0 heterocycles. The minimum atomic E-state index is 0.195. The molecule has 4 N–H and O–H groups in total. The molecule has 0 bridgehead atoms. The Balaban J connectivity index is 1.84. The highest BCUT2D eigenvalue weighted by Crippen LogP contribution is 2.25. The van der Waals surface area contributed by atoms with Crippen molar-refractivity contribution in [2.24, 2.45) is 17.4 Å². The summed E-state index contributed by atoms with van der Waals surface area (Å²) in [6.45, 7) is 0. The van der Waals surface area contributed by atoms with Gasteiger partial charge < -0.3 is 11.5 Å². The first-order valence-corrected chi connectivity index (χ1v) is 7.14. The second kappa shape index (κ2) is 6.36. The Morgan fingerprint density at radius 3 is 2.71 bits per heavy atom. The first kappa shape index (κ1) is 12.8. The van der Waals surface area contributed by atoms with Gasteiger partial charge in [0.2, 0.25) is 0 Å². The molecular weight excluding hydrogens is 208 g/mol. The normalized spacial score (nSPS) is 28.6. The van der Waals surface area contributed by atoms with E-state index in [1.165, 1.54) is 50.5 Å². The zero-order valence-corrected chi connectivity index (χ0v) is 10.8. The second-order valence-corrected chi connectivity index (χ2v) is 5.55. The van der Waals surface area contributed by atoms with Crippen molar-refractivity contribution in [3.63, 3.8) is 0 Å². The summed E-state index contributed by atoms with van der Waals surface area (Å²) in [7, 11) is 0. The second-order valence-electron chi connectivity index (χ2n) is 5.55. The molecule has 0 aromatic rings. The van der Waals surface area contributed by atoms with E-state index in [1.807, 2.05) is 0 Å². The van der Waals surface area contributed by atoms with Gasteiger partial charge in [-0.1, -0.05) is 23.8 Å². The van der Waals surface area contributed by atoms with Crippen molar-refractivity contribution in [1.82, 2.24) is 0 Å². The zero-order valence-electron chi connectivity index (χ0n) is 10.8. The van der Waals surface area contributed by atoms with Crippen LogP contribution in [0.3, 0.4) is 0 Å². The third kappa shape index (κ3) is 3.68. The van der Waals surface area contributed by atoms with Crippen LogP contribution < -0.4 is 11.5 Å². The van der Waals surface area contributed by atoms with E-state index in [0.29, 0.717) is 5.92 Å². The number of hydrogen-bond acceptors (Lipinski definition) is 2. The lowest BCUT2D eigenvalue weighted by molar-refractivity contribution is 0.404. The molecule has 17 heavy (non-hydrogen) atoms. The van der Waals surface area contributed by atoms with Crippen molar-refractivity contribution in [2.45, 2.75) is 63.5 Å². The molecule has 2 rings (SSSR count). The van der Waals surface area contributed by atoms with E-state index in [9.17, 15) is 0 Å². The molecule has 2 nitrogen and oxygen atoms in total. The summed E-state index contributed by atoms with van der Waals surface area (Å²) in [5.74, 6) is 0.555. The van der Waals surface area contributed by atoms with E-state index in [-0.39, 0.29) is 12.1 Å². The zero-order chi connectivity index (χ0) is 12.1. The van der Waals surface area contributed by atoms with Gasteiger partial charge in [-0.3, -0.25) is 0 Å². The molecule has 2 heteroatoms. The summed E-state index contributed by atoms with van der Waals surface area (Å²) >= 11 is 0. The van der Waals surface area contributed by atoms with Crippen molar-refractivity contribution in [1.29, 1.82) is 0 Å². The van der Waals surface area contributed by atoms with Gasteiger partial charge in [-0.05, 0) is 57.3 Å². The molecule has 2 aliphatic rings. The van der Waals surface area contributed by atoms with Crippen LogP contribution in [0, 0.1) is 5.92 Å². The lowest BCUT2D eigenvalue weighted by Gasteiger charge is -2.27. The highest BCUT2D eigenvalue weighted by atomic mass is 14.7. The van der Waals surface area contributed by atoms with E-state index in [0.717, 1.165) is 6.42 Å². The highest BCUT2D eigenvalue weighted by Gasteiger charge is 2.21. The first-order valence-electron chi connectivity index (χ1n) is 7.14. The Morgan fingerprint density at radius 2 is 2.06 bits per heavy atom. The van der Waals surface area contributed by atoms with Gasteiger partial charge in [0.05, 0.1) is 0 Å². The topological polar surface area (TPSA) is 52.0 Å². The molecule has 96 valence electrons. The SMILES string of the molecule is NC(CC(N)C1C=CCCC1)C1=CCCCC1. The monoisotopic (exact) mass is 234 g/mol. The van der Waals surface area contributed by atoms with Crippen molar-refractivity contribution in [2.75, 3.05) is 0 Å². The maximum atomic E-state index is 6.30. The minimum Gasteiger partial charge on any atom is -0.327 e. The molecule has 0 spiro atoms. The molecule has 0 radical (unpaired) electrons. The third-order valence-electron chi connectivity index (χ3n) is 4.17. The van der Waals surface area contributed by atoms with Gasteiger partial charge in [-0.2, -0.15) is 0 Å². The van der Waals surface area contributed by atoms with E-state index in [1.54, 1.807) is 0 Å². The third-order valence-corrected chi connectivity index (χ3v) is 4.17. The van der Waals surface area contributed by atoms with Gasteiger partial charge in [0.25, 0.3) is 0 Å². The smallest absolute Gasteiger partial charge is 0.0268 e. The fraction of sp³-hybridized carbons (Fsp3) is 0.733. The van der Waals surface area contributed by atoms with Crippen LogP contribution >= 0.6 is 0 Å². The summed E-state index contributed by atoms with van der Waals surface area (Å²) in [6.07, 6.45) is 16.6. The van der Waals surface area contributed by atoms with Crippen LogP contribution in [-0.2, 0) is 0 Å². The Kier molecular flexibility index (Phi) is 4.81. The van der Waals surface area contributed by atoms with Crippen molar-refractivity contribution in [3.8, 4) is 0 Å². The van der Waals surface area contributed by atoms with Crippen LogP contribution in [0.15, 0.2) is 23.8 Å². The fourth-order valence-corrected chi connectivity index (χ4v) is 3.01. The quantitative estimate of drug-likeness (QED) is 0.735. The average molecular weight is 234 g/mol. The van der Waals surface area contributed by atoms with E-state index >= 15 is 0 Å². The maximum Gasteiger partial charge on any atom is 0.0268 e. The summed E-state index contributed by atoms with van der Waals surface area (Å²) < 4.78 is 0. The van der Waals surface area contributed by atoms with E-state index < -0.39 is 0 Å². The van der Waals surface area contributed by atoms with Gasteiger partial charge >= 0.3 is 0 Å². The Hall–Kier alpha value is -0.600. The maximum absolute atomic E-state index is 6.30. The van der Waals surface area contributed by atoms with Crippen LogP contribution in [0.2, 0.25) is 0 Å². The van der Waals surface area contributed by atoms with Crippen LogP contribution in [0.1, 0.15) is 51.4 Å². The van der Waals surface area contributed by atoms with Crippen LogP contribution in [0.25, 0.3) is 0 Å². The van der Waals surface area contributed by atoms with Gasteiger partial charge in [0.15, 0.2) is 0 Å². The summed E-state index contributed by atoms with van der Waals surface area (Å²) in [4.78, 5) is 0. The highest BCUT2D eigenvalue weighted by molar-refractivity contribution is 5.13. The molecule has 0 amide bonds. The number of allylic oxidation sites excluding steroid dienone is 2. The fourth-order valence-electron chi connectivity index (χ4n) is 3.01. The largest absolute Gasteiger partial charge is 0.327 e. The van der Waals surface area contributed by atoms with Crippen LogP contribution in [0.4, 0.5) is 0 Å². The van der Waals surface area contributed by atoms with Gasteiger partial charge in [0, 0.05) is 12.1 Å². The lowest BCUT2D eigenvalue weighted by Crippen LogP contribution is -2.38. The number of nitrogens with two attached hydrogens (primary N) is 2. The molecule has 3 unspecified atom stereocenters. The van der Waals surface area contributed by atoms with Crippen LogP contribution in [0.5, 0.6) is 0 Å². The number of hydrogen-bond donors (Lipinski definition) is 2. The Labute approximate surface area is 105 Å². The van der Waals surface area contributed by atoms with Gasteiger partial charge in [-0.25, -0.2) is 0 Å². The summed E-state index contributed by atoms with van der Waals surface area (Å²) in [6, 6.07) is 0.435. The molecule has 0 aromatic carbocycles. The predicted molar refractivity (Wildman–Crippen MR) is 73.6 cm³/mol. The van der Waals surface area contributed by atoms with E-state index in [4.69, 9.17) is 11.5 Å². The molecule has 0 saturated heterocycles. The lowest BCUT2D eigenvalue weighted by atomic mass is 9.84. The molecular formula is C15H26N2. The molecule has 0 aromatic heterocycles. The minimum absolute atomic E-state index is 0.195.